The molecule has 0 radical (unpaired) electrons. The summed E-state index contributed by atoms with van der Waals surface area (Å²) in [4.78, 5) is 13.8. The van der Waals surface area contributed by atoms with Crippen molar-refractivity contribution in [3.05, 3.63) is 77.2 Å². The monoisotopic (exact) mass is 461 g/mol. The summed E-state index contributed by atoms with van der Waals surface area (Å²) in [5.74, 6) is 0.964. The van der Waals surface area contributed by atoms with E-state index in [9.17, 15) is 0 Å². The molecule has 2 N–H and O–H groups in total. The number of hydrogen-bond donors (Lipinski definition) is 1. The van der Waals surface area contributed by atoms with Crippen LogP contribution in [0.3, 0.4) is 0 Å². The third kappa shape index (κ3) is 3.33. The Labute approximate surface area is 196 Å². The number of imidazole rings is 1. The molecule has 0 atom stereocenters. The van der Waals surface area contributed by atoms with Crippen molar-refractivity contribution in [2.45, 2.75) is 35.5 Å². The standard InChI is InChI=1S/C25H24ClN5S/c26-22-19(27)6-3-7-20(22)32-21-16-29-24(31-13-10-28-23(21)31)30-11-8-25(9-12-30)14-17-4-1-2-5-18(17)15-25/h1-7,10,13,16H,8-9,11-12,14-15,27H2. The summed E-state index contributed by atoms with van der Waals surface area (Å²) < 4.78 is 2.10. The molecule has 3 heterocycles. The van der Waals surface area contributed by atoms with Gasteiger partial charge in [0.1, 0.15) is 0 Å². The van der Waals surface area contributed by atoms with Crippen molar-refractivity contribution in [1.29, 1.82) is 0 Å². The lowest BCUT2D eigenvalue weighted by atomic mass is 9.76. The summed E-state index contributed by atoms with van der Waals surface area (Å²) in [6.07, 6.45) is 10.5. The minimum absolute atomic E-state index is 0.411. The summed E-state index contributed by atoms with van der Waals surface area (Å²) >= 11 is 7.96. The van der Waals surface area contributed by atoms with E-state index in [1.807, 2.05) is 36.8 Å². The van der Waals surface area contributed by atoms with Crippen LogP contribution in [0.5, 0.6) is 0 Å². The van der Waals surface area contributed by atoms with Gasteiger partial charge in [0.15, 0.2) is 5.65 Å². The number of aromatic nitrogens is 3. The first kappa shape index (κ1) is 19.9. The molecule has 1 aliphatic heterocycles. The van der Waals surface area contributed by atoms with Gasteiger partial charge in [0.2, 0.25) is 5.95 Å². The molecule has 162 valence electrons. The van der Waals surface area contributed by atoms with Crippen molar-refractivity contribution in [2.24, 2.45) is 5.41 Å². The molecule has 2 aliphatic rings. The Morgan fingerprint density at radius 1 is 0.938 bits per heavy atom. The van der Waals surface area contributed by atoms with E-state index in [-0.39, 0.29) is 0 Å². The van der Waals surface area contributed by atoms with E-state index in [2.05, 4.69) is 38.6 Å². The lowest BCUT2D eigenvalue weighted by Crippen LogP contribution is -2.41. The Balaban J connectivity index is 1.24. The second kappa shape index (κ2) is 7.71. The molecule has 1 aliphatic carbocycles. The van der Waals surface area contributed by atoms with Gasteiger partial charge in [0.25, 0.3) is 0 Å². The number of anilines is 2. The molecule has 6 rings (SSSR count). The van der Waals surface area contributed by atoms with Gasteiger partial charge in [-0.15, -0.1) is 0 Å². The van der Waals surface area contributed by atoms with Crippen LogP contribution in [-0.4, -0.2) is 27.5 Å². The predicted molar refractivity (Wildman–Crippen MR) is 131 cm³/mol. The molecule has 0 unspecified atom stereocenters. The molecule has 32 heavy (non-hydrogen) atoms. The Morgan fingerprint density at radius 3 is 2.44 bits per heavy atom. The summed E-state index contributed by atoms with van der Waals surface area (Å²) in [5, 5.41) is 0.574. The van der Waals surface area contributed by atoms with Crippen LogP contribution >= 0.6 is 23.4 Å². The highest BCUT2D eigenvalue weighted by Gasteiger charge is 2.40. The molecule has 1 fully saturated rings. The molecular weight excluding hydrogens is 438 g/mol. The Bertz CT molecular complexity index is 1280. The fourth-order valence-electron chi connectivity index (χ4n) is 5.22. The molecule has 7 heteroatoms. The van der Waals surface area contributed by atoms with Gasteiger partial charge in [0.05, 0.1) is 15.6 Å². The topological polar surface area (TPSA) is 59.5 Å². The minimum Gasteiger partial charge on any atom is -0.397 e. The van der Waals surface area contributed by atoms with Crippen LogP contribution in [0.2, 0.25) is 5.02 Å². The van der Waals surface area contributed by atoms with Gasteiger partial charge in [-0.05, 0) is 54.4 Å². The minimum atomic E-state index is 0.411. The van der Waals surface area contributed by atoms with Crippen molar-refractivity contribution in [3.63, 3.8) is 0 Å². The van der Waals surface area contributed by atoms with E-state index < -0.39 is 0 Å². The molecule has 0 bridgehead atoms. The van der Waals surface area contributed by atoms with Crippen LogP contribution in [0.4, 0.5) is 11.6 Å². The van der Waals surface area contributed by atoms with Crippen molar-refractivity contribution >= 4 is 40.6 Å². The lowest BCUT2D eigenvalue weighted by molar-refractivity contribution is 0.231. The molecule has 0 saturated carbocycles. The zero-order valence-electron chi connectivity index (χ0n) is 17.7. The quantitative estimate of drug-likeness (QED) is 0.408. The number of halogens is 1. The number of benzene rings is 2. The summed E-state index contributed by atoms with van der Waals surface area (Å²) in [5.41, 5.74) is 10.9. The SMILES string of the molecule is Nc1cccc(Sc2cnc(N3CCC4(CC3)Cc3ccccc3C4)n3ccnc23)c1Cl. The maximum Gasteiger partial charge on any atom is 0.211 e. The van der Waals surface area contributed by atoms with Gasteiger partial charge in [-0.3, -0.25) is 4.40 Å². The van der Waals surface area contributed by atoms with Gasteiger partial charge in [0, 0.05) is 36.6 Å². The highest BCUT2D eigenvalue weighted by Crippen LogP contribution is 2.45. The first-order chi connectivity index (χ1) is 15.6. The van der Waals surface area contributed by atoms with E-state index in [1.54, 1.807) is 11.8 Å². The summed E-state index contributed by atoms with van der Waals surface area (Å²) in [7, 11) is 0. The predicted octanol–water partition coefficient (Wildman–Crippen LogP) is 5.50. The molecular formula is C25H24ClN5S. The van der Waals surface area contributed by atoms with Crippen LogP contribution < -0.4 is 10.6 Å². The van der Waals surface area contributed by atoms with Gasteiger partial charge in [-0.1, -0.05) is 53.7 Å². The molecule has 5 nitrogen and oxygen atoms in total. The largest absolute Gasteiger partial charge is 0.397 e. The fraction of sp³-hybridized carbons (Fsp3) is 0.280. The van der Waals surface area contributed by atoms with Crippen molar-refractivity contribution in [2.75, 3.05) is 23.7 Å². The van der Waals surface area contributed by atoms with Gasteiger partial charge >= 0.3 is 0 Å². The first-order valence-electron chi connectivity index (χ1n) is 11.0. The Kier molecular flexibility index (Phi) is 4.81. The number of nitrogens with zero attached hydrogens (tertiary/aromatic N) is 4. The third-order valence-corrected chi connectivity index (χ3v) is 8.55. The van der Waals surface area contributed by atoms with Gasteiger partial charge < -0.3 is 10.6 Å². The van der Waals surface area contributed by atoms with Crippen molar-refractivity contribution in [1.82, 2.24) is 14.4 Å². The van der Waals surface area contributed by atoms with Crippen LogP contribution in [-0.2, 0) is 12.8 Å². The Morgan fingerprint density at radius 2 is 1.69 bits per heavy atom. The zero-order chi connectivity index (χ0) is 21.7. The van der Waals surface area contributed by atoms with Crippen LogP contribution in [0.1, 0.15) is 24.0 Å². The van der Waals surface area contributed by atoms with Gasteiger partial charge in [-0.25, -0.2) is 9.97 Å². The van der Waals surface area contributed by atoms with Crippen molar-refractivity contribution < 1.29 is 0 Å². The average Bonchev–Trinajstić information content (AvgIpc) is 3.43. The molecule has 0 amide bonds. The van der Waals surface area contributed by atoms with Crippen molar-refractivity contribution in [3.8, 4) is 0 Å². The maximum atomic E-state index is 6.41. The molecule has 4 aromatic rings. The summed E-state index contributed by atoms with van der Waals surface area (Å²) in [6, 6.07) is 14.6. The molecule has 2 aromatic carbocycles. The number of fused-ring (bicyclic) bond motifs is 2. The van der Waals surface area contributed by atoms with Crippen LogP contribution in [0, 0.1) is 5.41 Å². The molecule has 2 aromatic heterocycles. The highest BCUT2D eigenvalue weighted by atomic mass is 35.5. The normalized spacial score (nSPS) is 17.2. The number of nitrogens with two attached hydrogens (primary N) is 1. The highest BCUT2D eigenvalue weighted by molar-refractivity contribution is 7.99. The summed E-state index contributed by atoms with van der Waals surface area (Å²) in [6.45, 7) is 2.03. The maximum absolute atomic E-state index is 6.41. The lowest BCUT2D eigenvalue weighted by Gasteiger charge is -2.40. The fourth-order valence-corrected chi connectivity index (χ4v) is 6.40. The zero-order valence-corrected chi connectivity index (χ0v) is 19.2. The van der Waals surface area contributed by atoms with E-state index in [0.29, 0.717) is 16.1 Å². The number of hydrogen-bond acceptors (Lipinski definition) is 5. The second-order valence-electron chi connectivity index (χ2n) is 8.91. The van der Waals surface area contributed by atoms with E-state index in [4.69, 9.17) is 22.3 Å². The van der Waals surface area contributed by atoms with Gasteiger partial charge in [-0.2, -0.15) is 0 Å². The number of rotatable bonds is 3. The van der Waals surface area contributed by atoms with E-state index in [0.717, 1.165) is 34.5 Å². The second-order valence-corrected chi connectivity index (χ2v) is 10.4. The third-order valence-electron chi connectivity index (χ3n) is 6.94. The number of nitrogen functional groups attached to an aromatic ring is 1. The van der Waals surface area contributed by atoms with Crippen LogP contribution in [0.15, 0.2) is 70.8 Å². The smallest absolute Gasteiger partial charge is 0.211 e. The molecule has 1 saturated heterocycles. The number of piperidine rings is 1. The van der Waals surface area contributed by atoms with E-state index in [1.165, 1.54) is 36.8 Å². The van der Waals surface area contributed by atoms with E-state index >= 15 is 0 Å². The van der Waals surface area contributed by atoms with Crippen LogP contribution in [0.25, 0.3) is 5.65 Å². The average molecular weight is 462 g/mol. The Hall–Kier alpha value is -2.70. The first-order valence-corrected chi connectivity index (χ1v) is 12.2. The molecule has 1 spiro atoms.